The quantitative estimate of drug-likeness (QED) is 0.254. The number of fused-ring (bicyclic) bond motifs is 3. The topological polar surface area (TPSA) is 41.4 Å². The Bertz CT molecular complexity index is 1440. The largest absolute Gasteiger partial charge is 0.342 e. The molecule has 3 atom stereocenters. The first-order valence-corrected chi connectivity index (χ1v) is 16.0. The number of imidazole rings is 1. The van der Waals surface area contributed by atoms with Crippen molar-refractivity contribution in [2.45, 2.75) is 81.8 Å². The van der Waals surface area contributed by atoms with E-state index >= 15 is 0 Å². The van der Waals surface area contributed by atoms with Crippen molar-refractivity contribution in [3.63, 3.8) is 0 Å². The highest BCUT2D eigenvalue weighted by Gasteiger charge is 2.44. The Labute approximate surface area is 241 Å². The first kappa shape index (κ1) is 26.0. The normalized spacial score (nSPS) is 24.5. The number of carbonyl (C=O) groups excluding carboxylic acids is 1. The summed E-state index contributed by atoms with van der Waals surface area (Å²) in [5.41, 5.74) is 4.03. The molecule has 208 valence electrons. The van der Waals surface area contributed by atoms with Crippen LogP contribution in [0.1, 0.15) is 67.3 Å². The zero-order valence-electron chi connectivity index (χ0n) is 23.5. The van der Waals surface area contributed by atoms with E-state index in [2.05, 4.69) is 87.3 Å². The van der Waals surface area contributed by atoms with Crippen LogP contribution in [0.4, 0.5) is 0 Å². The lowest BCUT2D eigenvalue weighted by Gasteiger charge is -2.45. The number of thiophene rings is 1. The maximum absolute atomic E-state index is 13.1. The van der Waals surface area contributed by atoms with Crippen molar-refractivity contribution in [1.82, 2.24) is 19.4 Å². The predicted octanol–water partition coefficient (Wildman–Crippen LogP) is 6.77. The van der Waals surface area contributed by atoms with E-state index < -0.39 is 0 Å². The second-order valence-corrected chi connectivity index (χ2v) is 13.3. The lowest BCUT2D eigenvalue weighted by atomic mass is 9.70. The van der Waals surface area contributed by atoms with Gasteiger partial charge in [0.1, 0.15) is 5.82 Å². The number of aromatic nitrogens is 2. The van der Waals surface area contributed by atoms with Crippen LogP contribution in [-0.2, 0) is 16.6 Å². The molecule has 6 heteroatoms. The fourth-order valence-corrected chi connectivity index (χ4v) is 8.82. The first-order chi connectivity index (χ1) is 19.6. The van der Waals surface area contributed by atoms with Crippen molar-refractivity contribution in [2.24, 2.45) is 0 Å². The van der Waals surface area contributed by atoms with Crippen LogP contribution < -0.4 is 0 Å². The Morgan fingerprint density at radius 1 is 0.925 bits per heavy atom. The van der Waals surface area contributed by atoms with E-state index in [9.17, 15) is 4.79 Å². The fourth-order valence-electron chi connectivity index (χ4n) is 8.12. The highest BCUT2D eigenvalue weighted by Crippen LogP contribution is 2.45. The summed E-state index contributed by atoms with van der Waals surface area (Å²) in [5, 5.41) is 2.06. The van der Waals surface area contributed by atoms with E-state index in [-0.39, 0.29) is 11.3 Å². The van der Waals surface area contributed by atoms with E-state index in [1.165, 1.54) is 48.1 Å². The number of piperidine rings is 2. The van der Waals surface area contributed by atoms with Crippen LogP contribution in [0.15, 0.2) is 72.1 Å². The Kier molecular flexibility index (Phi) is 7.01. The summed E-state index contributed by atoms with van der Waals surface area (Å²) in [6.07, 6.45) is 8.90. The molecule has 2 aromatic heterocycles. The molecular formula is C34H40N4OS. The van der Waals surface area contributed by atoms with Gasteiger partial charge in [0, 0.05) is 36.1 Å². The Balaban J connectivity index is 1.05. The fraction of sp³-hybridized carbons (Fsp3) is 0.471. The lowest BCUT2D eigenvalue weighted by Crippen LogP contribution is -2.49. The molecular weight excluding hydrogens is 512 g/mol. The van der Waals surface area contributed by atoms with Gasteiger partial charge in [0.2, 0.25) is 5.91 Å². The molecule has 1 unspecified atom stereocenters. The Morgan fingerprint density at radius 2 is 1.65 bits per heavy atom. The molecule has 2 bridgehead atoms. The van der Waals surface area contributed by atoms with E-state index in [4.69, 9.17) is 4.98 Å². The van der Waals surface area contributed by atoms with Crippen molar-refractivity contribution in [3.05, 3.63) is 88.4 Å². The van der Waals surface area contributed by atoms with E-state index in [1.807, 2.05) is 6.07 Å². The Hall–Kier alpha value is -2.96. The zero-order chi connectivity index (χ0) is 27.1. The van der Waals surface area contributed by atoms with Crippen LogP contribution >= 0.6 is 11.3 Å². The van der Waals surface area contributed by atoms with Gasteiger partial charge in [-0.25, -0.2) is 4.98 Å². The highest BCUT2D eigenvalue weighted by atomic mass is 32.1. The number of likely N-dealkylation sites (tertiary alicyclic amines) is 1. The minimum absolute atomic E-state index is 0.147. The standard InChI is InChI=1S/C34H40N4OS/c1-25-35-31-11-5-6-12-32(31)38(25)29-22-27-13-14-28(23-29)37(27)20-17-34(26-8-3-2-4-9-26)15-18-36(19-16-34)33(39)24-30-10-7-21-40-30/h2-12,21,27-29H,13-20,22-24H2,1H3/t27-,28+,29?. The number of aryl methyl sites for hydroxylation is 1. The molecule has 0 N–H and O–H groups in total. The highest BCUT2D eigenvalue weighted by molar-refractivity contribution is 7.10. The van der Waals surface area contributed by atoms with Crippen LogP contribution in [0.2, 0.25) is 0 Å². The molecule has 0 radical (unpaired) electrons. The summed E-state index contributed by atoms with van der Waals surface area (Å²) in [7, 11) is 0. The minimum atomic E-state index is 0.147. The number of hydrogen-bond acceptors (Lipinski definition) is 4. The van der Waals surface area contributed by atoms with Crippen molar-refractivity contribution < 1.29 is 4.79 Å². The third-order valence-electron chi connectivity index (χ3n) is 10.2. The Morgan fingerprint density at radius 3 is 2.38 bits per heavy atom. The molecule has 2 aromatic carbocycles. The molecule has 40 heavy (non-hydrogen) atoms. The SMILES string of the molecule is Cc1nc2ccccc2n1C1C[C@H]2CC[C@@H](C1)N2CCC1(c2ccccc2)CCN(C(=O)Cc2cccs2)CC1. The third kappa shape index (κ3) is 4.79. The number of para-hydroxylation sites is 2. The molecule has 3 aliphatic rings. The summed E-state index contributed by atoms with van der Waals surface area (Å²) in [6, 6.07) is 25.8. The molecule has 0 spiro atoms. The number of amides is 1. The summed E-state index contributed by atoms with van der Waals surface area (Å²) < 4.78 is 2.53. The summed E-state index contributed by atoms with van der Waals surface area (Å²) in [4.78, 5) is 24.1. The van der Waals surface area contributed by atoms with Gasteiger partial charge in [-0.2, -0.15) is 0 Å². The monoisotopic (exact) mass is 552 g/mol. The maximum atomic E-state index is 13.1. The second-order valence-electron chi connectivity index (χ2n) is 12.3. The van der Waals surface area contributed by atoms with Crippen LogP contribution in [-0.4, -0.2) is 57.0 Å². The van der Waals surface area contributed by atoms with Gasteiger partial charge >= 0.3 is 0 Å². The van der Waals surface area contributed by atoms with E-state index in [0.29, 0.717) is 24.5 Å². The van der Waals surface area contributed by atoms with Gasteiger partial charge in [0.15, 0.2) is 0 Å². The average Bonchev–Trinajstić information content (AvgIpc) is 3.68. The van der Waals surface area contributed by atoms with Crippen LogP contribution in [0.5, 0.6) is 0 Å². The summed E-state index contributed by atoms with van der Waals surface area (Å²) in [5.74, 6) is 1.44. The van der Waals surface area contributed by atoms with Crippen molar-refractivity contribution in [3.8, 4) is 0 Å². The van der Waals surface area contributed by atoms with Gasteiger partial charge in [0.05, 0.1) is 17.5 Å². The summed E-state index contributed by atoms with van der Waals surface area (Å²) >= 11 is 1.68. The molecule has 1 amide bonds. The molecule has 3 fully saturated rings. The maximum Gasteiger partial charge on any atom is 0.227 e. The van der Waals surface area contributed by atoms with Gasteiger partial charge in [0.25, 0.3) is 0 Å². The number of hydrogen-bond donors (Lipinski definition) is 0. The number of benzene rings is 2. The summed E-state index contributed by atoms with van der Waals surface area (Å²) in [6.45, 7) is 5.06. The number of nitrogens with zero attached hydrogens (tertiary/aromatic N) is 4. The van der Waals surface area contributed by atoms with Gasteiger partial charge in [-0.3, -0.25) is 9.69 Å². The van der Waals surface area contributed by atoms with Crippen LogP contribution in [0.25, 0.3) is 11.0 Å². The molecule has 5 nitrogen and oxygen atoms in total. The molecule has 3 aliphatic heterocycles. The van der Waals surface area contributed by atoms with Gasteiger partial charge in [-0.1, -0.05) is 48.5 Å². The van der Waals surface area contributed by atoms with Crippen LogP contribution in [0.3, 0.4) is 0 Å². The molecule has 7 rings (SSSR count). The van der Waals surface area contributed by atoms with Crippen LogP contribution in [0, 0.1) is 6.92 Å². The molecule has 5 heterocycles. The third-order valence-corrected chi connectivity index (χ3v) is 11.1. The smallest absolute Gasteiger partial charge is 0.227 e. The van der Waals surface area contributed by atoms with E-state index in [1.54, 1.807) is 11.3 Å². The van der Waals surface area contributed by atoms with Crippen molar-refractivity contribution in [2.75, 3.05) is 19.6 Å². The van der Waals surface area contributed by atoms with Crippen molar-refractivity contribution >= 4 is 28.3 Å². The molecule has 3 saturated heterocycles. The average molecular weight is 553 g/mol. The molecule has 0 aliphatic carbocycles. The lowest BCUT2D eigenvalue weighted by molar-refractivity contribution is -0.132. The number of carbonyl (C=O) groups is 1. The predicted molar refractivity (Wildman–Crippen MR) is 163 cm³/mol. The first-order valence-electron chi connectivity index (χ1n) is 15.1. The minimum Gasteiger partial charge on any atom is -0.342 e. The zero-order valence-corrected chi connectivity index (χ0v) is 24.4. The molecule has 4 aromatic rings. The van der Waals surface area contributed by atoms with Gasteiger partial charge in [-0.15, -0.1) is 11.3 Å². The van der Waals surface area contributed by atoms with Gasteiger partial charge in [-0.05, 0) is 93.0 Å². The second kappa shape index (κ2) is 10.8. The van der Waals surface area contributed by atoms with Gasteiger partial charge < -0.3 is 9.47 Å². The number of rotatable bonds is 7. The molecule has 0 saturated carbocycles. The van der Waals surface area contributed by atoms with Crippen molar-refractivity contribution in [1.29, 1.82) is 0 Å². The van der Waals surface area contributed by atoms with E-state index in [0.717, 1.165) is 43.8 Å².